The maximum Gasteiger partial charge on any atom is 0.323 e. The van der Waals surface area contributed by atoms with Crippen molar-refractivity contribution in [2.24, 2.45) is 5.92 Å². The number of aryl methyl sites for hydroxylation is 1. The molecule has 1 fully saturated rings. The maximum absolute atomic E-state index is 12.4. The Balaban J connectivity index is 1.65. The summed E-state index contributed by atoms with van der Waals surface area (Å²) in [6, 6.07) is 1.86. The highest BCUT2D eigenvalue weighted by Crippen LogP contribution is 2.34. The van der Waals surface area contributed by atoms with E-state index in [4.69, 9.17) is 5.11 Å². The van der Waals surface area contributed by atoms with Crippen molar-refractivity contribution in [1.82, 2.24) is 10.2 Å². The van der Waals surface area contributed by atoms with Crippen LogP contribution in [-0.4, -0.2) is 35.1 Å². The molecule has 0 aliphatic heterocycles. The summed E-state index contributed by atoms with van der Waals surface area (Å²) in [6.07, 6.45) is 5.28. The second-order valence-electron chi connectivity index (χ2n) is 5.91. The molecule has 6 heteroatoms. The molecule has 1 saturated carbocycles. The molecule has 0 aromatic carbocycles. The van der Waals surface area contributed by atoms with Gasteiger partial charge >= 0.3 is 12.0 Å². The van der Waals surface area contributed by atoms with Crippen LogP contribution >= 0.6 is 11.3 Å². The molecule has 0 bridgehead atoms. The summed E-state index contributed by atoms with van der Waals surface area (Å²) in [4.78, 5) is 26.1. The largest absolute Gasteiger partial charge is 0.480 e. The molecule has 1 aromatic heterocycles. The fraction of sp³-hybridized carbons (Fsp3) is 0.600. The third kappa shape index (κ3) is 3.56. The van der Waals surface area contributed by atoms with Gasteiger partial charge < -0.3 is 15.3 Å². The van der Waals surface area contributed by atoms with Gasteiger partial charge in [-0.1, -0.05) is 0 Å². The molecule has 3 rings (SSSR count). The number of thiophene rings is 1. The number of aliphatic carboxylic acids is 1. The molecule has 0 radical (unpaired) electrons. The van der Waals surface area contributed by atoms with Crippen molar-refractivity contribution < 1.29 is 14.7 Å². The molecule has 0 saturated heterocycles. The van der Waals surface area contributed by atoms with Gasteiger partial charge in [-0.25, -0.2) is 4.79 Å². The van der Waals surface area contributed by atoms with E-state index in [1.165, 1.54) is 15.3 Å². The summed E-state index contributed by atoms with van der Waals surface area (Å²) >= 11 is 1.74. The number of carbonyl (C=O) groups is 2. The minimum atomic E-state index is -0.953. The number of fused-ring (bicyclic) bond motifs is 1. The van der Waals surface area contributed by atoms with Gasteiger partial charge in [0.2, 0.25) is 0 Å². The van der Waals surface area contributed by atoms with Crippen molar-refractivity contribution >= 4 is 23.3 Å². The second kappa shape index (κ2) is 6.05. The number of rotatable bonds is 5. The molecule has 0 spiro atoms. The van der Waals surface area contributed by atoms with Crippen molar-refractivity contribution in [1.29, 1.82) is 0 Å². The Hall–Kier alpha value is -1.56. The Morgan fingerprint density at radius 1 is 1.38 bits per heavy atom. The standard InChI is InChI=1S/C15H20N2O3S/c18-14(19)9-17(8-10-4-5-10)15(20)16-12-2-1-3-13-11(12)6-7-21-13/h6-7,10,12H,1-5,8-9H2,(H,16,20)(H,18,19). The van der Waals surface area contributed by atoms with E-state index in [1.807, 2.05) is 0 Å². The summed E-state index contributed by atoms with van der Waals surface area (Å²) in [6.45, 7) is 0.340. The maximum atomic E-state index is 12.4. The minimum absolute atomic E-state index is 0.0306. The summed E-state index contributed by atoms with van der Waals surface area (Å²) in [7, 11) is 0. The molecule has 2 N–H and O–H groups in total. The lowest BCUT2D eigenvalue weighted by molar-refractivity contribution is -0.137. The summed E-state index contributed by atoms with van der Waals surface area (Å²) < 4.78 is 0. The number of hydrogen-bond acceptors (Lipinski definition) is 3. The molecular weight excluding hydrogens is 288 g/mol. The number of amides is 2. The van der Waals surface area contributed by atoms with Gasteiger partial charge in [-0.3, -0.25) is 4.79 Å². The monoisotopic (exact) mass is 308 g/mol. The zero-order chi connectivity index (χ0) is 14.8. The van der Waals surface area contributed by atoms with Crippen LogP contribution in [0.2, 0.25) is 0 Å². The summed E-state index contributed by atoms with van der Waals surface area (Å²) in [5.41, 5.74) is 1.21. The van der Waals surface area contributed by atoms with E-state index in [2.05, 4.69) is 16.8 Å². The van der Waals surface area contributed by atoms with E-state index < -0.39 is 5.97 Å². The first kappa shape index (κ1) is 14.4. The fourth-order valence-corrected chi connectivity index (χ4v) is 3.86. The molecule has 21 heavy (non-hydrogen) atoms. The lowest BCUT2D eigenvalue weighted by Gasteiger charge is -2.28. The number of hydrogen-bond donors (Lipinski definition) is 2. The van der Waals surface area contributed by atoms with Crippen LogP contribution in [0.3, 0.4) is 0 Å². The highest BCUT2D eigenvalue weighted by molar-refractivity contribution is 7.10. The Morgan fingerprint density at radius 2 is 2.19 bits per heavy atom. The van der Waals surface area contributed by atoms with Crippen LogP contribution in [0.4, 0.5) is 4.79 Å². The van der Waals surface area contributed by atoms with Gasteiger partial charge in [0.05, 0.1) is 6.04 Å². The Bertz CT molecular complexity index is 539. The van der Waals surface area contributed by atoms with Gasteiger partial charge in [0.15, 0.2) is 0 Å². The van der Waals surface area contributed by atoms with Crippen LogP contribution in [-0.2, 0) is 11.2 Å². The van der Waals surface area contributed by atoms with Gasteiger partial charge in [-0.05, 0) is 55.0 Å². The van der Waals surface area contributed by atoms with Crippen LogP contribution in [0.25, 0.3) is 0 Å². The molecule has 2 amide bonds. The Labute approximate surface area is 128 Å². The van der Waals surface area contributed by atoms with Crippen molar-refractivity contribution in [2.45, 2.75) is 38.1 Å². The van der Waals surface area contributed by atoms with E-state index in [0.717, 1.165) is 32.1 Å². The number of urea groups is 1. The number of nitrogens with zero attached hydrogens (tertiary/aromatic N) is 1. The van der Waals surface area contributed by atoms with Crippen LogP contribution in [0.1, 0.15) is 42.2 Å². The highest BCUT2D eigenvalue weighted by atomic mass is 32.1. The number of carbonyl (C=O) groups excluding carboxylic acids is 1. The Kier molecular flexibility index (Phi) is 4.14. The van der Waals surface area contributed by atoms with Crippen LogP contribution in [0.5, 0.6) is 0 Å². The van der Waals surface area contributed by atoms with Gasteiger partial charge in [-0.2, -0.15) is 0 Å². The van der Waals surface area contributed by atoms with Gasteiger partial charge in [0.1, 0.15) is 6.54 Å². The molecule has 2 aliphatic carbocycles. The van der Waals surface area contributed by atoms with Crippen molar-refractivity contribution in [3.8, 4) is 0 Å². The average molecular weight is 308 g/mol. The quantitative estimate of drug-likeness (QED) is 0.878. The summed E-state index contributed by atoms with van der Waals surface area (Å²) in [5.74, 6) is -0.469. The first-order valence-electron chi connectivity index (χ1n) is 7.47. The third-order valence-corrected chi connectivity index (χ3v) is 5.13. The molecular formula is C15H20N2O3S. The molecule has 1 unspecified atom stereocenters. The zero-order valence-electron chi connectivity index (χ0n) is 11.9. The summed E-state index contributed by atoms with van der Waals surface area (Å²) in [5, 5.41) is 14.1. The van der Waals surface area contributed by atoms with Crippen molar-refractivity contribution in [2.75, 3.05) is 13.1 Å². The topological polar surface area (TPSA) is 69.6 Å². The SMILES string of the molecule is O=C(O)CN(CC1CC1)C(=O)NC1CCCc2sccc21. The van der Waals surface area contributed by atoms with E-state index in [-0.39, 0.29) is 18.6 Å². The molecule has 1 atom stereocenters. The normalized spacial score (nSPS) is 20.7. The average Bonchev–Trinajstić information content (AvgIpc) is 3.12. The Morgan fingerprint density at radius 3 is 2.90 bits per heavy atom. The first-order chi connectivity index (χ1) is 10.1. The molecule has 1 aromatic rings. The van der Waals surface area contributed by atoms with Gasteiger partial charge in [-0.15, -0.1) is 11.3 Å². The first-order valence-corrected chi connectivity index (χ1v) is 8.35. The molecule has 1 heterocycles. The number of carboxylic acids is 1. The van der Waals surface area contributed by atoms with Crippen molar-refractivity contribution in [3.05, 3.63) is 21.9 Å². The predicted molar refractivity (Wildman–Crippen MR) is 80.5 cm³/mol. The highest BCUT2D eigenvalue weighted by Gasteiger charge is 2.30. The molecule has 114 valence electrons. The van der Waals surface area contributed by atoms with Gasteiger partial charge in [0, 0.05) is 11.4 Å². The third-order valence-electron chi connectivity index (χ3n) is 4.14. The zero-order valence-corrected chi connectivity index (χ0v) is 12.7. The van der Waals surface area contributed by atoms with Crippen molar-refractivity contribution in [3.63, 3.8) is 0 Å². The fourth-order valence-electron chi connectivity index (χ4n) is 2.87. The van der Waals surface area contributed by atoms with E-state index in [9.17, 15) is 9.59 Å². The predicted octanol–water partition coefficient (Wildman–Crippen LogP) is 2.63. The molecule has 5 nitrogen and oxygen atoms in total. The van der Waals surface area contributed by atoms with Crippen LogP contribution in [0.15, 0.2) is 11.4 Å². The van der Waals surface area contributed by atoms with Crippen LogP contribution < -0.4 is 5.32 Å². The minimum Gasteiger partial charge on any atom is -0.480 e. The van der Waals surface area contributed by atoms with E-state index in [0.29, 0.717) is 12.5 Å². The van der Waals surface area contributed by atoms with E-state index in [1.54, 1.807) is 11.3 Å². The molecule has 2 aliphatic rings. The lowest BCUT2D eigenvalue weighted by atomic mass is 9.94. The smallest absolute Gasteiger partial charge is 0.323 e. The lowest BCUT2D eigenvalue weighted by Crippen LogP contribution is -2.45. The number of carboxylic acid groups (broad SMARTS) is 1. The van der Waals surface area contributed by atoms with Crippen LogP contribution in [0, 0.1) is 5.92 Å². The second-order valence-corrected chi connectivity index (χ2v) is 6.91. The number of nitrogens with one attached hydrogen (secondary N) is 1. The van der Waals surface area contributed by atoms with Gasteiger partial charge in [0.25, 0.3) is 0 Å². The van der Waals surface area contributed by atoms with E-state index >= 15 is 0 Å².